The zero-order valence-electron chi connectivity index (χ0n) is 13.2. The maximum absolute atomic E-state index is 12.2. The normalized spacial score (nSPS) is 19.6. The van der Waals surface area contributed by atoms with Crippen LogP contribution in [0.25, 0.3) is 0 Å². The number of fused-ring (bicyclic) bond motifs is 1. The highest BCUT2D eigenvalue weighted by Gasteiger charge is 2.43. The van der Waals surface area contributed by atoms with Crippen molar-refractivity contribution in [2.24, 2.45) is 0 Å². The molecule has 0 spiro atoms. The van der Waals surface area contributed by atoms with Crippen molar-refractivity contribution in [1.29, 1.82) is 0 Å². The number of aromatic nitrogens is 2. The molecular weight excluding hydrogens is 278 g/mol. The van der Waals surface area contributed by atoms with Gasteiger partial charge < -0.3 is 14.6 Å². The van der Waals surface area contributed by atoms with E-state index in [0.717, 1.165) is 24.3 Å². The van der Waals surface area contributed by atoms with Crippen molar-refractivity contribution in [3.05, 3.63) is 53.6 Å². The van der Waals surface area contributed by atoms with Gasteiger partial charge >= 0.3 is 5.97 Å². The lowest BCUT2D eigenvalue weighted by Crippen LogP contribution is -2.44. The monoisotopic (exact) mass is 299 g/mol. The molecule has 1 aromatic carbocycles. The molecule has 0 fully saturated rings. The number of cyclic esters (lactones) is 1. The fourth-order valence-corrected chi connectivity index (χ4v) is 3.08. The van der Waals surface area contributed by atoms with Crippen LogP contribution >= 0.6 is 0 Å². The SMILES string of the molecule is CCNCc1cncn1C1c2ccccc2C(=O)OC1(C)C. The molecule has 1 N–H and O–H groups in total. The lowest BCUT2D eigenvalue weighted by molar-refractivity contribution is -0.0265. The van der Waals surface area contributed by atoms with E-state index in [1.54, 1.807) is 0 Å². The van der Waals surface area contributed by atoms with Crippen molar-refractivity contribution >= 4 is 5.97 Å². The van der Waals surface area contributed by atoms with Crippen molar-refractivity contribution < 1.29 is 9.53 Å². The maximum Gasteiger partial charge on any atom is 0.339 e. The van der Waals surface area contributed by atoms with Crippen molar-refractivity contribution in [2.75, 3.05) is 6.54 Å². The topological polar surface area (TPSA) is 56.2 Å². The van der Waals surface area contributed by atoms with Gasteiger partial charge in [0.2, 0.25) is 0 Å². The molecule has 2 heterocycles. The lowest BCUT2D eigenvalue weighted by atomic mass is 9.85. The zero-order valence-corrected chi connectivity index (χ0v) is 13.2. The molecule has 0 radical (unpaired) electrons. The van der Waals surface area contributed by atoms with Crippen LogP contribution in [0.3, 0.4) is 0 Å². The molecule has 5 nitrogen and oxygen atoms in total. The highest BCUT2D eigenvalue weighted by atomic mass is 16.6. The number of carbonyl (C=O) groups excluding carboxylic acids is 1. The first-order valence-corrected chi connectivity index (χ1v) is 7.58. The Hall–Kier alpha value is -2.14. The van der Waals surface area contributed by atoms with Crippen LogP contribution in [-0.2, 0) is 11.3 Å². The van der Waals surface area contributed by atoms with Gasteiger partial charge in [-0.25, -0.2) is 9.78 Å². The van der Waals surface area contributed by atoms with Gasteiger partial charge in [-0.2, -0.15) is 0 Å². The number of benzene rings is 1. The molecular formula is C17H21N3O2. The summed E-state index contributed by atoms with van der Waals surface area (Å²) in [5.74, 6) is -0.259. The number of rotatable bonds is 4. The number of hydrogen-bond acceptors (Lipinski definition) is 4. The molecule has 0 saturated carbocycles. The second kappa shape index (κ2) is 5.57. The van der Waals surface area contributed by atoms with E-state index >= 15 is 0 Å². The van der Waals surface area contributed by atoms with Crippen LogP contribution in [0, 0.1) is 0 Å². The molecule has 1 atom stereocenters. The van der Waals surface area contributed by atoms with E-state index in [2.05, 4.69) is 21.8 Å². The highest BCUT2D eigenvalue weighted by Crippen LogP contribution is 2.40. The van der Waals surface area contributed by atoms with Gasteiger partial charge in [0.1, 0.15) is 5.60 Å². The summed E-state index contributed by atoms with van der Waals surface area (Å²) >= 11 is 0. The summed E-state index contributed by atoms with van der Waals surface area (Å²) in [6.45, 7) is 7.59. The Morgan fingerprint density at radius 2 is 2.14 bits per heavy atom. The molecule has 22 heavy (non-hydrogen) atoms. The average molecular weight is 299 g/mol. The van der Waals surface area contributed by atoms with Gasteiger partial charge in [-0.3, -0.25) is 0 Å². The molecule has 3 rings (SSSR count). The fourth-order valence-electron chi connectivity index (χ4n) is 3.08. The second-order valence-electron chi connectivity index (χ2n) is 6.06. The Balaban J connectivity index is 2.10. The average Bonchev–Trinajstić information content (AvgIpc) is 2.92. The van der Waals surface area contributed by atoms with Crippen LogP contribution in [-0.4, -0.2) is 27.7 Å². The Morgan fingerprint density at radius 1 is 1.36 bits per heavy atom. The Bertz CT molecular complexity index is 691. The number of nitrogens with one attached hydrogen (secondary N) is 1. The van der Waals surface area contributed by atoms with Gasteiger partial charge in [0.05, 0.1) is 23.6 Å². The third-order valence-electron chi connectivity index (χ3n) is 4.07. The minimum absolute atomic E-state index is 0.0856. The Labute approximate surface area is 130 Å². The largest absolute Gasteiger partial charge is 0.453 e. The van der Waals surface area contributed by atoms with Crippen LogP contribution in [0.2, 0.25) is 0 Å². The number of esters is 1. The molecule has 0 aliphatic carbocycles. The van der Waals surface area contributed by atoms with Crippen LogP contribution < -0.4 is 5.32 Å². The molecule has 0 saturated heterocycles. The summed E-state index contributed by atoms with van der Waals surface area (Å²) in [6.07, 6.45) is 3.67. The third kappa shape index (κ3) is 2.41. The standard InChI is InChI=1S/C17H21N3O2/c1-4-18-9-12-10-19-11-20(12)15-13-7-5-6-8-14(13)16(21)22-17(15,2)3/h5-8,10-11,15,18H,4,9H2,1-3H3. The van der Waals surface area contributed by atoms with E-state index in [1.807, 2.05) is 50.6 Å². The van der Waals surface area contributed by atoms with E-state index in [0.29, 0.717) is 5.56 Å². The van der Waals surface area contributed by atoms with Crippen molar-refractivity contribution in [2.45, 2.75) is 39.0 Å². The molecule has 1 aliphatic rings. The van der Waals surface area contributed by atoms with Crippen LogP contribution in [0.5, 0.6) is 0 Å². The van der Waals surface area contributed by atoms with Gasteiger partial charge in [0, 0.05) is 12.7 Å². The van der Waals surface area contributed by atoms with E-state index in [4.69, 9.17) is 4.74 Å². The number of carbonyl (C=O) groups is 1. The van der Waals surface area contributed by atoms with Gasteiger partial charge in [-0.15, -0.1) is 0 Å². The smallest absolute Gasteiger partial charge is 0.339 e. The van der Waals surface area contributed by atoms with E-state index in [1.165, 1.54) is 0 Å². The molecule has 1 unspecified atom stereocenters. The predicted molar refractivity (Wildman–Crippen MR) is 83.7 cm³/mol. The first kappa shape index (κ1) is 14.8. The number of imidazole rings is 1. The zero-order chi connectivity index (χ0) is 15.7. The van der Waals surface area contributed by atoms with E-state index < -0.39 is 5.60 Å². The third-order valence-corrected chi connectivity index (χ3v) is 4.07. The Kier molecular flexibility index (Phi) is 3.74. The van der Waals surface area contributed by atoms with Gasteiger partial charge in [0.25, 0.3) is 0 Å². The summed E-state index contributed by atoms with van der Waals surface area (Å²) < 4.78 is 7.79. The quantitative estimate of drug-likeness (QED) is 0.882. The number of ether oxygens (including phenoxy) is 1. The summed E-state index contributed by atoms with van der Waals surface area (Å²) in [5.41, 5.74) is 2.06. The minimum atomic E-state index is -0.632. The van der Waals surface area contributed by atoms with Crippen LogP contribution in [0.1, 0.15) is 48.4 Å². The second-order valence-corrected chi connectivity index (χ2v) is 6.06. The van der Waals surface area contributed by atoms with Crippen LogP contribution in [0.15, 0.2) is 36.8 Å². The number of hydrogen-bond donors (Lipinski definition) is 1. The number of nitrogens with zero attached hydrogens (tertiary/aromatic N) is 2. The highest BCUT2D eigenvalue weighted by molar-refractivity contribution is 5.93. The van der Waals surface area contributed by atoms with Gasteiger partial charge in [-0.05, 0) is 32.0 Å². The van der Waals surface area contributed by atoms with Crippen molar-refractivity contribution in [1.82, 2.24) is 14.9 Å². The fraction of sp³-hybridized carbons (Fsp3) is 0.412. The van der Waals surface area contributed by atoms with Crippen LogP contribution in [0.4, 0.5) is 0 Å². The Morgan fingerprint density at radius 3 is 2.91 bits per heavy atom. The summed E-state index contributed by atoms with van der Waals surface area (Å²) in [4.78, 5) is 16.5. The molecule has 5 heteroatoms. The van der Waals surface area contributed by atoms with Gasteiger partial charge in [-0.1, -0.05) is 25.1 Å². The predicted octanol–water partition coefficient (Wildman–Crippen LogP) is 2.53. The summed E-state index contributed by atoms with van der Waals surface area (Å²) in [5, 5.41) is 3.32. The molecule has 0 amide bonds. The van der Waals surface area contributed by atoms with Gasteiger partial charge in [0.15, 0.2) is 0 Å². The molecule has 2 aromatic rings. The minimum Gasteiger partial charge on any atom is -0.453 e. The van der Waals surface area contributed by atoms with E-state index in [9.17, 15) is 4.79 Å². The molecule has 0 bridgehead atoms. The van der Waals surface area contributed by atoms with Crippen molar-refractivity contribution in [3.63, 3.8) is 0 Å². The maximum atomic E-state index is 12.2. The molecule has 1 aliphatic heterocycles. The summed E-state index contributed by atoms with van der Waals surface area (Å²) in [7, 11) is 0. The first-order valence-electron chi connectivity index (χ1n) is 7.58. The lowest BCUT2D eigenvalue weighted by Gasteiger charge is -2.40. The first-order chi connectivity index (χ1) is 10.5. The molecule has 116 valence electrons. The summed E-state index contributed by atoms with van der Waals surface area (Å²) in [6, 6.07) is 7.56. The van der Waals surface area contributed by atoms with Crippen molar-refractivity contribution in [3.8, 4) is 0 Å². The molecule has 1 aromatic heterocycles. The van der Waals surface area contributed by atoms with E-state index in [-0.39, 0.29) is 12.0 Å².